The van der Waals surface area contributed by atoms with Gasteiger partial charge in [-0.1, -0.05) is 12.8 Å². The molecule has 1 atom stereocenters. The van der Waals surface area contributed by atoms with E-state index < -0.39 is 11.9 Å². The summed E-state index contributed by atoms with van der Waals surface area (Å²) in [5.41, 5.74) is 1.55. The molecule has 0 saturated carbocycles. The summed E-state index contributed by atoms with van der Waals surface area (Å²) < 4.78 is 0. The first kappa shape index (κ1) is 15.4. The minimum atomic E-state index is -0.524. The number of likely N-dealkylation sites (N-methyl/N-ethyl adjacent to an activating group) is 1. The summed E-state index contributed by atoms with van der Waals surface area (Å²) in [4.78, 5) is 32.3. The normalized spacial score (nSPS) is 11.4. The van der Waals surface area contributed by atoms with Crippen LogP contribution in [0.1, 0.15) is 32.1 Å². The van der Waals surface area contributed by atoms with E-state index >= 15 is 0 Å². The number of hydroxylamine groups is 1. The third-order valence-electron chi connectivity index (χ3n) is 2.35. The smallest absolute Gasteiger partial charge is 0.243 e. The van der Waals surface area contributed by atoms with Gasteiger partial charge in [0, 0.05) is 13.5 Å². The molecule has 0 fully saturated rings. The molecule has 0 rings (SSSR count). The second kappa shape index (κ2) is 9.59. The molecule has 0 radical (unpaired) electrons. The standard InChI is InChI=1S/C10H19N3O4/c1-11-10(16)8(12-7-14)5-3-2-4-6-9(15)13-17/h7-8,17H,2-6H2,1H3,(H,11,16)(H,12,14)(H,13,15)/t8-/m0/s1. The number of unbranched alkanes of at least 4 members (excludes halogenated alkanes) is 2. The van der Waals surface area contributed by atoms with E-state index in [1.807, 2.05) is 0 Å². The van der Waals surface area contributed by atoms with Gasteiger partial charge in [-0.25, -0.2) is 5.48 Å². The lowest BCUT2D eigenvalue weighted by Gasteiger charge is -2.13. The Bertz CT molecular complexity index is 258. The van der Waals surface area contributed by atoms with E-state index in [1.54, 1.807) is 5.48 Å². The van der Waals surface area contributed by atoms with Gasteiger partial charge in [0.25, 0.3) is 0 Å². The molecule has 7 nitrogen and oxygen atoms in total. The van der Waals surface area contributed by atoms with Crippen LogP contribution >= 0.6 is 0 Å². The summed E-state index contributed by atoms with van der Waals surface area (Å²) in [7, 11) is 1.51. The van der Waals surface area contributed by atoms with Gasteiger partial charge in [-0.15, -0.1) is 0 Å². The summed E-state index contributed by atoms with van der Waals surface area (Å²) in [6.45, 7) is 0. The molecule has 3 amide bonds. The Morgan fingerprint density at radius 2 is 2.00 bits per heavy atom. The number of hydrogen-bond donors (Lipinski definition) is 4. The van der Waals surface area contributed by atoms with Crippen molar-refractivity contribution in [2.24, 2.45) is 0 Å². The molecule has 0 saturated heterocycles. The van der Waals surface area contributed by atoms with E-state index in [0.717, 1.165) is 12.8 Å². The maximum absolute atomic E-state index is 11.3. The molecule has 0 spiro atoms. The summed E-state index contributed by atoms with van der Waals surface area (Å²) in [5, 5.41) is 13.1. The average molecular weight is 245 g/mol. The van der Waals surface area contributed by atoms with Gasteiger partial charge in [0.15, 0.2) is 0 Å². The zero-order chi connectivity index (χ0) is 13.1. The molecule has 0 aliphatic rings. The third kappa shape index (κ3) is 7.29. The fourth-order valence-electron chi connectivity index (χ4n) is 1.41. The van der Waals surface area contributed by atoms with Gasteiger partial charge >= 0.3 is 0 Å². The number of carbonyl (C=O) groups is 3. The molecule has 0 heterocycles. The van der Waals surface area contributed by atoms with Crippen molar-refractivity contribution in [1.82, 2.24) is 16.1 Å². The lowest BCUT2D eigenvalue weighted by molar-refractivity contribution is -0.129. The molecule has 0 unspecified atom stereocenters. The lowest BCUT2D eigenvalue weighted by atomic mass is 10.1. The highest BCUT2D eigenvalue weighted by Gasteiger charge is 2.14. The maximum Gasteiger partial charge on any atom is 0.243 e. The molecular formula is C10H19N3O4. The zero-order valence-corrected chi connectivity index (χ0v) is 9.86. The SMILES string of the molecule is CNC(=O)[C@H](CCCCCC(=O)NO)NC=O. The van der Waals surface area contributed by atoms with Crippen LogP contribution in [0.15, 0.2) is 0 Å². The number of rotatable bonds is 9. The Hall–Kier alpha value is -1.63. The molecule has 0 aromatic carbocycles. The summed E-state index contributed by atoms with van der Waals surface area (Å²) in [6, 6.07) is -0.524. The first-order chi connectivity index (χ1) is 8.15. The topological polar surface area (TPSA) is 108 Å². The van der Waals surface area contributed by atoms with Gasteiger partial charge in [-0.05, 0) is 12.8 Å². The molecule has 0 aromatic rings. The fourth-order valence-corrected chi connectivity index (χ4v) is 1.41. The highest BCUT2D eigenvalue weighted by Crippen LogP contribution is 2.05. The minimum absolute atomic E-state index is 0.231. The van der Waals surface area contributed by atoms with Crippen LogP contribution in [0.2, 0.25) is 0 Å². The van der Waals surface area contributed by atoms with Gasteiger partial charge in [0.1, 0.15) is 6.04 Å². The van der Waals surface area contributed by atoms with Crippen molar-refractivity contribution in [2.75, 3.05) is 7.05 Å². The van der Waals surface area contributed by atoms with E-state index in [2.05, 4.69) is 10.6 Å². The summed E-state index contributed by atoms with van der Waals surface area (Å²) in [6.07, 6.45) is 3.38. The summed E-state index contributed by atoms with van der Waals surface area (Å²) >= 11 is 0. The summed E-state index contributed by atoms with van der Waals surface area (Å²) in [5.74, 6) is -0.649. The Morgan fingerprint density at radius 3 is 2.53 bits per heavy atom. The highest BCUT2D eigenvalue weighted by atomic mass is 16.5. The molecule has 0 bridgehead atoms. The molecule has 17 heavy (non-hydrogen) atoms. The highest BCUT2D eigenvalue weighted by molar-refractivity contribution is 5.83. The number of nitrogens with one attached hydrogen (secondary N) is 3. The van der Waals surface area contributed by atoms with E-state index in [4.69, 9.17) is 5.21 Å². The van der Waals surface area contributed by atoms with Crippen molar-refractivity contribution in [3.05, 3.63) is 0 Å². The number of amides is 3. The molecule has 0 aliphatic heterocycles. The van der Waals surface area contributed by atoms with Crippen molar-refractivity contribution < 1.29 is 19.6 Å². The van der Waals surface area contributed by atoms with Crippen molar-refractivity contribution in [3.63, 3.8) is 0 Å². The van der Waals surface area contributed by atoms with Gasteiger partial charge in [0.2, 0.25) is 18.2 Å². The molecular weight excluding hydrogens is 226 g/mol. The van der Waals surface area contributed by atoms with Gasteiger partial charge in [0.05, 0.1) is 0 Å². The van der Waals surface area contributed by atoms with Crippen LogP contribution < -0.4 is 16.1 Å². The first-order valence-corrected chi connectivity index (χ1v) is 5.50. The molecule has 98 valence electrons. The van der Waals surface area contributed by atoms with E-state index in [-0.39, 0.29) is 12.3 Å². The predicted octanol–water partition coefficient (Wildman–Crippen LogP) is -0.697. The monoisotopic (exact) mass is 245 g/mol. The molecule has 7 heteroatoms. The average Bonchev–Trinajstić information content (AvgIpc) is 2.35. The third-order valence-corrected chi connectivity index (χ3v) is 2.35. The second-order valence-corrected chi connectivity index (χ2v) is 3.59. The van der Waals surface area contributed by atoms with Crippen LogP contribution in [0.5, 0.6) is 0 Å². The number of carbonyl (C=O) groups excluding carboxylic acids is 3. The zero-order valence-electron chi connectivity index (χ0n) is 9.86. The van der Waals surface area contributed by atoms with Gasteiger partial charge in [-0.3, -0.25) is 19.6 Å². The lowest BCUT2D eigenvalue weighted by Crippen LogP contribution is -2.42. The van der Waals surface area contributed by atoms with Crippen LogP contribution in [-0.2, 0) is 14.4 Å². The quantitative estimate of drug-likeness (QED) is 0.186. The van der Waals surface area contributed by atoms with Crippen LogP contribution in [0.4, 0.5) is 0 Å². The van der Waals surface area contributed by atoms with Crippen molar-refractivity contribution in [3.8, 4) is 0 Å². The van der Waals surface area contributed by atoms with Crippen LogP contribution in [0.3, 0.4) is 0 Å². The fraction of sp³-hybridized carbons (Fsp3) is 0.700. The molecule has 4 N–H and O–H groups in total. The number of hydrogen-bond acceptors (Lipinski definition) is 4. The van der Waals surface area contributed by atoms with Crippen molar-refractivity contribution in [2.45, 2.75) is 38.1 Å². The minimum Gasteiger partial charge on any atom is -0.357 e. The maximum atomic E-state index is 11.3. The molecule has 0 aromatic heterocycles. The largest absolute Gasteiger partial charge is 0.357 e. The van der Waals surface area contributed by atoms with Crippen LogP contribution in [0, 0.1) is 0 Å². The van der Waals surface area contributed by atoms with Crippen LogP contribution in [-0.4, -0.2) is 36.5 Å². The second-order valence-electron chi connectivity index (χ2n) is 3.59. The van der Waals surface area contributed by atoms with Gasteiger partial charge in [-0.2, -0.15) is 0 Å². The van der Waals surface area contributed by atoms with Crippen molar-refractivity contribution in [1.29, 1.82) is 0 Å². The Morgan fingerprint density at radius 1 is 1.29 bits per heavy atom. The Labute approximate surface area is 99.9 Å². The predicted molar refractivity (Wildman–Crippen MR) is 60.1 cm³/mol. The van der Waals surface area contributed by atoms with Crippen LogP contribution in [0.25, 0.3) is 0 Å². The molecule has 0 aliphatic carbocycles. The Balaban J connectivity index is 3.71. The van der Waals surface area contributed by atoms with E-state index in [0.29, 0.717) is 19.3 Å². The van der Waals surface area contributed by atoms with Gasteiger partial charge < -0.3 is 10.6 Å². The van der Waals surface area contributed by atoms with Crippen molar-refractivity contribution >= 4 is 18.2 Å². The Kier molecular flexibility index (Phi) is 8.67. The van der Waals surface area contributed by atoms with E-state index in [1.165, 1.54) is 7.05 Å². The first-order valence-electron chi connectivity index (χ1n) is 5.50. The van der Waals surface area contributed by atoms with E-state index in [9.17, 15) is 14.4 Å².